The highest BCUT2D eigenvalue weighted by molar-refractivity contribution is 7.94. The van der Waals surface area contributed by atoms with Gasteiger partial charge in [0.1, 0.15) is 10.6 Å². The first-order chi connectivity index (χ1) is 12.8. The van der Waals surface area contributed by atoms with Crippen LogP contribution in [-0.2, 0) is 19.9 Å². The van der Waals surface area contributed by atoms with Crippen LogP contribution in [0.5, 0.6) is 0 Å². The Morgan fingerprint density at radius 2 is 1.57 bits per heavy atom. The smallest absolute Gasteiger partial charge is 0.239 e. The van der Waals surface area contributed by atoms with Crippen LogP contribution in [0.3, 0.4) is 0 Å². The van der Waals surface area contributed by atoms with Crippen LogP contribution < -0.4 is 5.14 Å². The molecule has 0 aliphatic rings. The number of aromatic nitrogens is 2. The van der Waals surface area contributed by atoms with Gasteiger partial charge in [0.05, 0.1) is 10.5 Å². The minimum absolute atomic E-state index is 0.0297. The van der Waals surface area contributed by atoms with Gasteiger partial charge in [0.25, 0.3) is 0 Å². The standard InChI is InChI=1S/C18H19N3O5S2/c1-18(2,3)9-8-17-20-10-13(11-21-17)14(22)12-27(23,24)15-6-4-5-7-16(15)28(19,25)26/h4-7,10-11H,12H2,1-3H3,(H2,19,25,26). The zero-order valence-corrected chi connectivity index (χ0v) is 17.1. The van der Waals surface area contributed by atoms with Gasteiger partial charge >= 0.3 is 0 Å². The summed E-state index contributed by atoms with van der Waals surface area (Å²) < 4.78 is 48.4. The Kier molecular flexibility index (Phi) is 6.03. The monoisotopic (exact) mass is 421 g/mol. The Hall–Kier alpha value is -2.61. The number of Topliss-reactive ketones (excluding diaryl/α,β-unsaturated/α-hetero) is 1. The number of benzene rings is 1. The fourth-order valence-corrected chi connectivity index (χ4v) is 4.73. The van der Waals surface area contributed by atoms with Crippen molar-refractivity contribution in [2.75, 3.05) is 5.75 Å². The summed E-state index contributed by atoms with van der Waals surface area (Å²) in [5.74, 6) is 4.18. The first-order valence-corrected chi connectivity index (χ1v) is 11.2. The molecule has 2 aromatic rings. The predicted molar refractivity (Wildman–Crippen MR) is 103 cm³/mol. The highest BCUT2D eigenvalue weighted by Gasteiger charge is 2.27. The molecule has 10 heteroatoms. The number of sulfone groups is 1. The maximum Gasteiger partial charge on any atom is 0.239 e. The van der Waals surface area contributed by atoms with Crippen molar-refractivity contribution in [3.63, 3.8) is 0 Å². The second kappa shape index (κ2) is 7.79. The quantitative estimate of drug-likeness (QED) is 0.565. The molecular weight excluding hydrogens is 402 g/mol. The Morgan fingerprint density at radius 1 is 1.04 bits per heavy atom. The van der Waals surface area contributed by atoms with Crippen molar-refractivity contribution in [1.29, 1.82) is 0 Å². The minimum Gasteiger partial charge on any atom is -0.293 e. The Labute approximate surface area is 164 Å². The highest BCUT2D eigenvalue weighted by Crippen LogP contribution is 2.21. The summed E-state index contributed by atoms with van der Waals surface area (Å²) in [6.07, 6.45) is 2.37. The van der Waals surface area contributed by atoms with Gasteiger partial charge in [-0.1, -0.05) is 18.1 Å². The molecule has 0 fully saturated rings. The molecule has 2 rings (SSSR count). The summed E-state index contributed by atoms with van der Waals surface area (Å²) in [5.41, 5.74) is -0.277. The first kappa shape index (κ1) is 21.7. The predicted octanol–water partition coefficient (Wildman–Crippen LogP) is 1.18. The minimum atomic E-state index is -4.27. The number of carbonyl (C=O) groups excluding carboxylic acids is 1. The van der Waals surface area contributed by atoms with Gasteiger partial charge in [0.2, 0.25) is 15.8 Å². The lowest BCUT2D eigenvalue weighted by molar-refractivity contribution is 0.102. The Morgan fingerprint density at radius 3 is 2.07 bits per heavy atom. The van der Waals surface area contributed by atoms with Crippen LogP contribution in [0, 0.1) is 17.3 Å². The normalized spacial score (nSPS) is 12.1. The topological polar surface area (TPSA) is 137 Å². The molecule has 8 nitrogen and oxygen atoms in total. The molecule has 0 saturated heterocycles. The van der Waals surface area contributed by atoms with E-state index in [2.05, 4.69) is 21.8 Å². The van der Waals surface area contributed by atoms with Crippen LogP contribution >= 0.6 is 0 Å². The summed E-state index contributed by atoms with van der Waals surface area (Å²) >= 11 is 0. The van der Waals surface area contributed by atoms with Crippen LogP contribution in [0.15, 0.2) is 46.5 Å². The zero-order valence-electron chi connectivity index (χ0n) is 15.5. The zero-order chi connectivity index (χ0) is 21.2. The molecule has 2 N–H and O–H groups in total. The number of ketones is 1. The van der Waals surface area contributed by atoms with E-state index in [0.717, 1.165) is 12.1 Å². The van der Waals surface area contributed by atoms with Crippen molar-refractivity contribution >= 4 is 25.6 Å². The van der Waals surface area contributed by atoms with E-state index in [0.29, 0.717) is 0 Å². The van der Waals surface area contributed by atoms with E-state index in [9.17, 15) is 21.6 Å². The van der Waals surface area contributed by atoms with Gasteiger partial charge in [0.15, 0.2) is 15.6 Å². The Bertz CT molecular complexity index is 1170. The van der Waals surface area contributed by atoms with Gasteiger partial charge in [-0.05, 0) is 38.8 Å². The van der Waals surface area contributed by atoms with Crippen molar-refractivity contribution < 1.29 is 21.6 Å². The van der Waals surface area contributed by atoms with E-state index in [-0.39, 0.29) is 16.8 Å². The summed E-state index contributed by atoms with van der Waals surface area (Å²) in [6.45, 7) is 5.76. The molecule has 1 heterocycles. The molecule has 0 radical (unpaired) electrons. The molecule has 1 aromatic carbocycles. The molecule has 0 bridgehead atoms. The van der Waals surface area contributed by atoms with Crippen molar-refractivity contribution in [3.8, 4) is 11.8 Å². The average molecular weight is 422 g/mol. The number of rotatable bonds is 5. The molecule has 0 spiro atoms. The van der Waals surface area contributed by atoms with Crippen LogP contribution in [0.1, 0.15) is 37.0 Å². The summed E-state index contributed by atoms with van der Waals surface area (Å²) in [5, 5.41) is 5.06. The SMILES string of the molecule is CC(C)(C)C#Cc1ncc(C(=O)CS(=O)(=O)c2ccccc2S(N)(=O)=O)cn1. The van der Waals surface area contributed by atoms with Gasteiger partial charge in [0, 0.05) is 17.8 Å². The summed E-state index contributed by atoms with van der Waals surface area (Å²) in [7, 11) is -8.52. The molecule has 0 aliphatic carbocycles. The lowest BCUT2D eigenvalue weighted by Crippen LogP contribution is -2.21. The molecule has 0 aliphatic heterocycles. The second-order valence-corrected chi connectivity index (χ2v) is 10.5. The number of sulfonamides is 1. The van der Waals surface area contributed by atoms with Crippen LogP contribution in [0.2, 0.25) is 0 Å². The maximum atomic E-state index is 12.6. The number of nitrogens with zero attached hydrogens (tertiary/aromatic N) is 2. The third-order valence-corrected chi connectivity index (χ3v) is 6.10. The summed E-state index contributed by atoms with van der Waals surface area (Å²) in [6, 6.07) is 4.84. The average Bonchev–Trinajstić information content (AvgIpc) is 2.58. The van der Waals surface area contributed by atoms with E-state index in [1.807, 2.05) is 20.8 Å². The van der Waals surface area contributed by atoms with Gasteiger partial charge in [-0.15, -0.1) is 0 Å². The van der Waals surface area contributed by atoms with Gasteiger partial charge in [-0.3, -0.25) is 4.79 Å². The third kappa shape index (κ3) is 5.69. The molecule has 0 unspecified atom stereocenters. The Balaban J connectivity index is 2.29. The van der Waals surface area contributed by atoms with Gasteiger partial charge in [-0.25, -0.2) is 31.9 Å². The van der Waals surface area contributed by atoms with Gasteiger partial charge < -0.3 is 0 Å². The first-order valence-electron chi connectivity index (χ1n) is 8.03. The van der Waals surface area contributed by atoms with Crippen molar-refractivity contribution in [2.24, 2.45) is 10.6 Å². The van der Waals surface area contributed by atoms with Crippen molar-refractivity contribution in [1.82, 2.24) is 9.97 Å². The van der Waals surface area contributed by atoms with E-state index in [1.54, 1.807) is 0 Å². The number of hydrogen-bond acceptors (Lipinski definition) is 7. The number of nitrogens with two attached hydrogens (primary N) is 1. The number of carbonyl (C=O) groups is 1. The molecule has 148 valence electrons. The van der Waals surface area contributed by atoms with Crippen molar-refractivity contribution in [3.05, 3.63) is 48.0 Å². The molecule has 0 atom stereocenters. The molecule has 1 aromatic heterocycles. The molecule has 28 heavy (non-hydrogen) atoms. The fourth-order valence-electron chi connectivity index (χ4n) is 2.06. The largest absolute Gasteiger partial charge is 0.293 e. The van der Waals surface area contributed by atoms with E-state index in [1.165, 1.54) is 24.5 Å². The fraction of sp³-hybridized carbons (Fsp3) is 0.278. The lowest BCUT2D eigenvalue weighted by atomic mass is 9.98. The lowest BCUT2D eigenvalue weighted by Gasteiger charge is -2.08. The van der Waals surface area contributed by atoms with E-state index >= 15 is 0 Å². The van der Waals surface area contributed by atoms with Crippen molar-refractivity contribution in [2.45, 2.75) is 30.6 Å². The van der Waals surface area contributed by atoms with E-state index in [4.69, 9.17) is 5.14 Å². The van der Waals surface area contributed by atoms with Crippen LogP contribution in [0.4, 0.5) is 0 Å². The highest BCUT2D eigenvalue weighted by atomic mass is 32.2. The van der Waals surface area contributed by atoms with Crippen LogP contribution in [0.25, 0.3) is 0 Å². The van der Waals surface area contributed by atoms with E-state index < -0.39 is 41.2 Å². The molecule has 0 saturated carbocycles. The summed E-state index contributed by atoms with van der Waals surface area (Å²) in [4.78, 5) is 19.1. The molecule has 0 amide bonds. The van der Waals surface area contributed by atoms with Gasteiger partial charge in [-0.2, -0.15) is 0 Å². The maximum absolute atomic E-state index is 12.6. The third-order valence-electron chi connectivity index (χ3n) is 3.33. The second-order valence-electron chi connectivity index (χ2n) is 6.97. The molecular formula is C18H19N3O5S2. The number of primary sulfonamides is 1. The number of hydrogen-bond donors (Lipinski definition) is 1. The van der Waals surface area contributed by atoms with Crippen LogP contribution in [-0.4, -0.2) is 38.3 Å².